The highest BCUT2D eigenvalue weighted by atomic mass is 32.2. The van der Waals surface area contributed by atoms with E-state index >= 15 is 0 Å². The van der Waals surface area contributed by atoms with Crippen LogP contribution in [-0.4, -0.2) is 119 Å². The zero-order valence-corrected chi connectivity index (χ0v) is 28.5. The Morgan fingerprint density at radius 3 is 1.66 bits per heavy atom. The van der Waals surface area contributed by atoms with E-state index in [9.17, 15) is 33.6 Å². The summed E-state index contributed by atoms with van der Waals surface area (Å²) in [5.41, 5.74) is 0. The highest BCUT2D eigenvalue weighted by Crippen LogP contribution is 2.26. The molecule has 18 heteroatoms. The van der Waals surface area contributed by atoms with Gasteiger partial charge >= 0.3 is 0 Å². The predicted octanol–water partition coefficient (Wildman–Crippen LogP) is 0.502. The standard InChI is InChI=1S/C14H24N3O5PS.C11H19N2O4PS.CH4/c1-2-6-22-7-4-15-11(18)3-5-17-13(20)8-10(14(17)21)24-9-12(19)16-23;1-2-4-17-5-3-13-10(15)6-8(11(13)16)19-7-9(14)12-18;/h10H,2-9,23H2,1H3,(H,15,18)(H,16,19);8H,2-7,18H2,1H3,(H,12,14);1H4. The average Bonchev–Trinajstić information content (AvgIpc) is 3.43. The fourth-order valence-electron chi connectivity index (χ4n) is 3.68. The minimum atomic E-state index is -0.551. The van der Waals surface area contributed by atoms with Crippen LogP contribution in [0.5, 0.6) is 0 Å². The van der Waals surface area contributed by atoms with Gasteiger partial charge in [-0.3, -0.25) is 43.4 Å². The molecule has 0 aromatic carbocycles. The molecule has 0 radical (unpaired) electrons. The highest BCUT2D eigenvalue weighted by molar-refractivity contribution is 8.01. The van der Waals surface area contributed by atoms with E-state index in [0.717, 1.165) is 29.5 Å². The number of nitrogens with one attached hydrogen (secondary N) is 3. The van der Waals surface area contributed by atoms with Gasteiger partial charge in [0.15, 0.2) is 0 Å². The summed E-state index contributed by atoms with van der Waals surface area (Å²) in [6.07, 6.45) is 2.13. The third kappa shape index (κ3) is 15.9. The number of hydrogen-bond donors (Lipinski definition) is 3. The number of imide groups is 2. The Kier molecular flexibility index (Phi) is 23.4. The summed E-state index contributed by atoms with van der Waals surface area (Å²) >= 11 is 2.33. The zero-order valence-electron chi connectivity index (χ0n) is 24.6. The van der Waals surface area contributed by atoms with Gasteiger partial charge in [-0.25, -0.2) is 0 Å². The molecule has 252 valence electrons. The molecule has 44 heavy (non-hydrogen) atoms. The summed E-state index contributed by atoms with van der Waals surface area (Å²) in [5.74, 6) is -1.39. The van der Waals surface area contributed by atoms with Gasteiger partial charge in [0.05, 0.1) is 41.8 Å². The molecule has 0 aromatic rings. The first-order chi connectivity index (χ1) is 20.6. The van der Waals surface area contributed by atoms with Gasteiger partial charge < -0.3 is 25.0 Å². The van der Waals surface area contributed by atoms with E-state index in [4.69, 9.17) is 9.47 Å². The maximum atomic E-state index is 12.2. The molecule has 2 saturated heterocycles. The maximum Gasteiger partial charge on any atom is 0.242 e. The van der Waals surface area contributed by atoms with Gasteiger partial charge in [-0.15, -0.1) is 23.5 Å². The van der Waals surface area contributed by atoms with Crippen molar-refractivity contribution >= 4 is 83.7 Å². The molecule has 0 aliphatic carbocycles. The zero-order chi connectivity index (χ0) is 32.2. The van der Waals surface area contributed by atoms with Crippen molar-refractivity contribution in [3.63, 3.8) is 0 Å². The van der Waals surface area contributed by atoms with Crippen LogP contribution in [-0.2, 0) is 43.0 Å². The minimum absolute atomic E-state index is 0. The van der Waals surface area contributed by atoms with Crippen LogP contribution in [0.15, 0.2) is 0 Å². The summed E-state index contributed by atoms with van der Waals surface area (Å²) in [4.78, 5) is 84.1. The van der Waals surface area contributed by atoms with E-state index in [2.05, 4.69) is 34.3 Å². The van der Waals surface area contributed by atoms with E-state index < -0.39 is 10.5 Å². The lowest BCUT2D eigenvalue weighted by atomic mass is 10.3. The van der Waals surface area contributed by atoms with E-state index in [1.807, 2.05) is 13.8 Å². The van der Waals surface area contributed by atoms with Crippen LogP contribution in [0.1, 0.15) is 53.4 Å². The van der Waals surface area contributed by atoms with Gasteiger partial charge in [0.2, 0.25) is 41.4 Å². The topological polar surface area (TPSA) is 181 Å². The first kappa shape index (κ1) is 42.2. The summed E-state index contributed by atoms with van der Waals surface area (Å²) < 4.78 is 10.5. The summed E-state index contributed by atoms with van der Waals surface area (Å²) in [5, 5.41) is 6.47. The van der Waals surface area contributed by atoms with E-state index in [-0.39, 0.29) is 86.1 Å². The van der Waals surface area contributed by atoms with Gasteiger partial charge in [0.25, 0.3) is 0 Å². The molecule has 2 fully saturated rings. The van der Waals surface area contributed by atoms with Gasteiger partial charge in [-0.05, 0) is 31.6 Å². The molecule has 2 rings (SSSR count). The fourth-order valence-corrected chi connectivity index (χ4v) is 6.12. The van der Waals surface area contributed by atoms with Crippen molar-refractivity contribution in [3.8, 4) is 0 Å². The van der Waals surface area contributed by atoms with Crippen molar-refractivity contribution in [2.45, 2.75) is 63.9 Å². The van der Waals surface area contributed by atoms with Crippen molar-refractivity contribution in [1.29, 1.82) is 0 Å². The molecular weight excluding hydrogens is 652 g/mol. The molecule has 4 atom stereocenters. The van der Waals surface area contributed by atoms with Crippen LogP contribution in [0.2, 0.25) is 0 Å². The predicted molar refractivity (Wildman–Crippen MR) is 177 cm³/mol. The second kappa shape index (κ2) is 24.4. The van der Waals surface area contributed by atoms with Crippen molar-refractivity contribution in [2.24, 2.45) is 0 Å². The SMILES string of the molecule is C.CCCOCCN1C(=O)CC(SCC(=O)NP)C1=O.CCCOCCNC(=O)CCN1C(=O)CC(SCC(=O)NP)C1=O. The number of thioether (sulfide) groups is 2. The average molecular weight is 700 g/mol. The van der Waals surface area contributed by atoms with Gasteiger partial charge in [0.1, 0.15) is 0 Å². The van der Waals surface area contributed by atoms with Gasteiger partial charge in [-0.2, -0.15) is 0 Å². The van der Waals surface area contributed by atoms with Crippen molar-refractivity contribution in [1.82, 2.24) is 25.3 Å². The summed E-state index contributed by atoms with van der Waals surface area (Å²) in [6, 6.07) is 0. The Balaban J connectivity index is 0.000000843. The number of rotatable bonds is 19. The molecule has 0 aromatic heterocycles. The van der Waals surface area contributed by atoms with Gasteiger partial charge in [-0.1, -0.05) is 21.3 Å². The van der Waals surface area contributed by atoms with Crippen LogP contribution >= 0.6 is 42.3 Å². The first-order valence-electron chi connectivity index (χ1n) is 13.9. The van der Waals surface area contributed by atoms with Crippen LogP contribution in [0.25, 0.3) is 0 Å². The summed E-state index contributed by atoms with van der Waals surface area (Å²) in [7, 11) is 4.20. The van der Waals surface area contributed by atoms with E-state index in [1.165, 1.54) is 16.7 Å². The van der Waals surface area contributed by atoms with Crippen LogP contribution in [0.4, 0.5) is 0 Å². The Bertz CT molecular complexity index is 980. The van der Waals surface area contributed by atoms with Crippen LogP contribution < -0.4 is 15.5 Å². The molecule has 2 heterocycles. The largest absolute Gasteiger partial charge is 0.380 e. The Hall–Kier alpha value is -1.83. The third-order valence-corrected chi connectivity index (χ3v) is 8.89. The quantitative estimate of drug-likeness (QED) is 0.0971. The van der Waals surface area contributed by atoms with Crippen LogP contribution in [0, 0.1) is 0 Å². The molecule has 0 saturated carbocycles. The van der Waals surface area contributed by atoms with Gasteiger partial charge in [0, 0.05) is 45.6 Å². The first-order valence-corrected chi connectivity index (χ1v) is 17.2. The number of likely N-dealkylation sites (tertiary alicyclic amines) is 2. The van der Waals surface area contributed by atoms with Crippen molar-refractivity contribution in [2.75, 3.05) is 57.6 Å². The molecule has 14 nitrogen and oxygen atoms in total. The molecule has 7 amide bonds. The molecule has 0 spiro atoms. The number of carbonyl (C=O) groups is 7. The lowest BCUT2D eigenvalue weighted by Gasteiger charge is -2.14. The van der Waals surface area contributed by atoms with Crippen molar-refractivity contribution < 1.29 is 43.0 Å². The lowest BCUT2D eigenvalue weighted by molar-refractivity contribution is -0.140. The van der Waals surface area contributed by atoms with E-state index in [1.54, 1.807) is 0 Å². The number of ether oxygens (including phenoxy) is 2. The maximum absolute atomic E-state index is 12.2. The number of amides is 7. The summed E-state index contributed by atoms with van der Waals surface area (Å²) in [6.45, 7) is 6.85. The fraction of sp³-hybridized carbons (Fsp3) is 0.731. The second-order valence-electron chi connectivity index (χ2n) is 9.23. The molecule has 3 N–H and O–H groups in total. The third-order valence-electron chi connectivity index (χ3n) is 5.85. The monoisotopic (exact) mass is 699 g/mol. The minimum Gasteiger partial charge on any atom is -0.380 e. The Labute approximate surface area is 272 Å². The number of carbonyl (C=O) groups excluding carboxylic acids is 7. The highest BCUT2D eigenvalue weighted by Gasteiger charge is 2.39. The molecule has 0 bridgehead atoms. The Morgan fingerprint density at radius 2 is 1.20 bits per heavy atom. The van der Waals surface area contributed by atoms with Crippen LogP contribution in [0.3, 0.4) is 0 Å². The normalized spacial score (nSPS) is 17.6. The number of nitrogens with zero attached hydrogens (tertiary/aromatic N) is 2. The second-order valence-corrected chi connectivity index (χ2v) is 12.2. The molecule has 2 aliphatic rings. The molecule has 4 unspecified atom stereocenters. The molecule has 2 aliphatic heterocycles. The van der Waals surface area contributed by atoms with Crippen molar-refractivity contribution in [3.05, 3.63) is 0 Å². The smallest absolute Gasteiger partial charge is 0.242 e. The number of hydrogen-bond acceptors (Lipinski definition) is 11. The Morgan fingerprint density at radius 1 is 0.750 bits per heavy atom. The molecular formula is C26H47N5O9P2S2. The lowest BCUT2D eigenvalue weighted by Crippen LogP contribution is -2.36. The van der Waals surface area contributed by atoms with E-state index in [0.29, 0.717) is 39.5 Å².